The van der Waals surface area contributed by atoms with E-state index in [4.69, 9.17) is 5.73 Å². The standard InChI is InChI=1S/C11H11N3O/c12-11(15)13-14-8-4-3-6-9-5-1-2-7-10(9)14/h1-8H,(H3,12,13,15). The second-order valence-electron chi connectivity index (χ2n) is 3.11. The third-order valence-electron chi connectivity index (χ3n) is 2.05. The van der Waals surface area contributed by atoms with E-state index in [9.17, 15) is 4.79 Å². The van der Waals surface area contributed by atoms with Crippen LogP contribution in [0.15, 0.2) is 42.6 Å². The van der Waals surface area contributed by atoms with Crippen LogP contribution < -0.4 is 16.2 Å². The van der Waals surface area contributed by atoms with Gasteiger partial charge in [0.25, 0.3) is 0 Å². The lowest BCUT2D eigenvalue weighted by atomic mass is 10.1. The molecule has 1 aliphatic rings. The average molecular weight is 201 g/mol. The Hall–Kier alpha value is -2.23. The highest BCUT2D eigenvalue weighted by atomic mass is 16.2. The van der Waals surface area contributed by atoms with E-state index in [1.165, 1.54) is 0 Å². The van der Waals surface area contributed by atoms with E-state index in [-0.39, 0.29) is 0 Å². The Bertz CT molecular complexity index is 437. The Balaban J connectivity index is 2.39. The zero-order valence-electron chi connectivity index (χ0n) is 8.05. The van der Waals surface area contributed by atoms with Crippen LogP contribution in [-0.2, 0) is 0 Å². The highest BCUT2D eigenvalue weighted by Gasteiger charge is 2.09. The summed E-state index contributed by atoms with van der Waals surface area (Å²) in [4.78, 5) is 10.8. The van der Waals surface area contributed by atoms with Crippen molar-refractivity contribution in [1.82, 2.24) is 5.43 Å². The smallest absolute Gasteiger partial charge is 0.331 e. The lowest BCUT2D eigenvalue weighted by molar-refractivity contribution is 0.249. The van der Waals surface area contributed by atoms with Crippen LogP contribution in [0.3, 0.4) is 0 Å². The first-order valence-corrected chi connectivity index (χ1v) is 4.56. The first-order chi connectivity index (χ1) is 7.27. The molecule has 0 atom stereocenters. The third kappa shape index (κ3) is 1.99. The number of anilines is 1. The SMILES string of the molecule is NC(=O)NN1C=CC=Cc2ccccc21. The zero-order chi connectivity index (χ0) is 10.7. The molecule has 3 N–H and O–H groups in total. The van der Waals surface area contributed by atoms with Crippen LogP contribution in [-0.4, -0.2) is 6.03 Å². The fraction of sp³-hybridized carbons (Fsp3) is 0. The molecule has 15 heavy (non-hydrogen) atoms. The number of nitrogens with two attached hydrogens (primary N) is 1. The third-order valence-corrected chi connectivity index (χ3v) is 2.05. The lowest BCUT2D eigenvalue weighted by Crippen LogP contribution is -2.42. The summed E-state index contributed by atoms with van der Waals surface area (Å²) < 4.78 is 0. The van der Waals surface area contributed by atoms with Crippen molar-refractivity contribution >= 4 is 17.8 Å². The van der Waals surface area contributed by atoms with Crippen molar-refractivity contribution in [2.24, 2.45) is 5.73 Å². The minimum Gasteiger partial charge on any atom is -0.350 e. The number of hydrogen-bond acceptors (Lipinski definition) is 2. The molecule has 0 aliphatic carbocycles. The molecule has 0 bridgehead atoms. The van der Waals surface area contributed by atoms with Crippen molar-refractivity contribution in [2.75, 3.05) is 5.01 Å². The van der Waals surface area contributed by atoms with Crippen molar-refractivity contribution in [2.45, 2.75) is 0 Å². The predicted octanol–water partition coefficient (Wildman–Crippen LogP) is 1.62. The van der Waals surface area contributed by atoms with Gasteiger partial charge in [0, 0.05) is 11.8 Å². The molecule has 1 aromatic rings. The monoisotopic (exact) mass is 201 g/mol. The Morgan fingerprint density at radius 3 is 2.87 bits per heavy atom. The fourth-order valence-electron chi connectivity index (χ4n) is 1.44. The number of carbonyl (C=O) groups excluding carboxylic acids is 1. The maximum Gasteiger partial charge on any atom is 0.331 e. The summed E-state index contributed by atoms with van der Waals surface area (Å²) >= 11 is 0. The number of nitrogens with one attached hydrogen (secondary N) is 1. The molecule has 0 unspecified atom stereocenters. The van der Waals surface area contributed by atoms with E-state index in [0.717, 1.165) is 11.3 Å². The van der Waals surface area contributed by atoms with Gasteiger partial charge < -0.3 is 5.73 Å². The highest BCUT2D eigenvalue weighted by Crippen LogP contribution is 2.22. The molecule has 1 aliphatic heterocycles. The van der Waals surface area contributed by atoms with Gasteiger partial charge in [-0.05, 0) is 12.1 Å². The molecule has 0 spiro atoms. The van der Waals surface area contributed by atoms with Gasteiger partial charge in [-0.15, -0.1) is 0 Å². The molecule has 0 fully saturated rings. The molecule has 2 rings (SSSR count). The molecule has 2 amide bonds. The molecule has 4 nitrogen and oxygen atoms in total. The zero-order valence-corrected chi connectivity index (χ0v) is 8.05. The largest absolute Gasteiger partial charge is 0.350 e. The predicted molar refractivity (Wildman–Crippen MR) is 59.8 cm³/mol. The number of fused-ring (bicyclic) bond motifs is 1. The van der Waals surface area contributed by atoms with E-state index in [0.29, 0.717) is 0 Å². The van der Waals surface area contributed by atoms with Crippen molar-refractivity contribution < 1.29 is 4.79 Å². The summed E-state index contributed by atoms with van der Waals surface area (Å²) in [6.07, 6.45) is 7.44. The Kier molecular flexibility index (Phi) is 2.41. The van der Waals surface area contributed by atoms with E-state index in [1.807, 2.05) is 42.5 Å². The van der Waals surface area contributed by atoms with Crippen LogP contribution in [0.2, 0.25) is 0 Å². The number of benzene rings is 1. The summed E-state index contributed by atoms with van der Waals surface area (Å²) in [5.74, 6) is 0. The molecule has 0 saturated heterocycles. The second-order valence-corrected chi connectivity index (χ2v) is 3.11. The molecule has 0 radical (unpaired) electrons. The molecule has 0 saturated carbocycles. The van der Waals surface area contributed by atoms with Crippen molar-refractivity contribution in [3.63, 3.8) is 0 Å². The topological polar surface area (TPSA) is 58.4 Å². The first-order valence-electron chi connectivity index (χ1n) is 4.56. The number of carbonyl (C=O) groups is 1. The van der Waals surface area contributed by atoms with Crippen LogP contribution in [0, 0.1) is 0 Å². The number of primary amides is 1. The van der Waals surface area contributed by atoms with Crippen LogP contribution >= 0.6 is 0 Å². The van der Waals surface area contributed by atoms with Gasteiger partial charge in [0.2, 0.25) is 0 Å². The Labute approximate surface area is 87.7 Å². The quantitative estimate of drug-likeness (QED) is 0.725. The van der Waals surface area contributed by atoms with E-state index in [2.05, 4.69) is 5.43 Å². The number of amides is 2. The molecule has 4 heteroatoms. The van der Waals surface area contributed by atoms with Gasteiger partial charge in [-0.1, -0.05) is 30.4 Å². The van der Waals surface area contributed by atoms with Crippen molar-refractivity contribution in [1.29, 1.82) is 0 Å². The fourth-order valence-corrected chi connectivity index (χ4v) is 1.44. The summed E-state index contributed by atoms with van der Waals surface area (Å²) in [7, 11) is 0. The van der Waals surface area contributed by atoms with Gasteiger partial charge in [0.05, 0.1) is 5.69 Å². The van der Waals surface area contributed by atoms with Crippen LogP contribution in [0.25, 0.3) is 6.08 Å². The molecule has 1 aromatic carbocycles. The van der Waals surface area contributed by atoms with Crippen molar-refractivity contribution in [3.8, 4) is 0 Å². The number of hydrazine groups is 1. The van der Waals surface area contributed by atoms with Crippen LogP contribution in [0.4, 0.5) is 10.5 Å². The molecular weight excluding hydrogens is 190 g/mol. The first kappa shape index (κ1) is 9.33. The van der Waals surface area contributed by atoms with Gasteiger partial charge in [-0.25, -0.2) is 10.2 Å². The van der Waals surface area contributed by atoms with Crippen LogP contribution in [0.1, 0.15) is 5.56 Å². The normalized spacial score (nSPS) is 13.2. The second kappa shape index (κ2) is 3.88. The van der Waals surface area contributed by atoms with Gasteiger partial charge in [-0.2, -0.15) is 0 Å². The number of hydrogen-bond donors (Lipinski definition) is 2. The minimum absolute atomic E-state index is 0.587. The number of nitrogens with zero attached hydrogens (tertiary/aromatic N) is 1. The van der Waals surface area contributed by atoms with Crippen LogP contribution in [0.5, 0.6) is 0 Å². The number of urea groups is 1. The molecular formula is C11H11N3O. The van der Waals surface area contributed by atoms with Gasteiger partial charge >= 0.3 is 6.03 Å². The number of rotatable bonds is 1. The number of para-hydroxylation sites is 1. The highest BCUT2D eigenvalue weighted by molar-refractivity contribution is 5.78. The average Bonchev–Trinajstić information content (AvgIpc) is 2.41. The van der Waals surface area contributed by atoms with E-state index < -0.39 is 6.03 Å². The molecule has 76 valence electrons. The Morgan fingerprint density at radius 1 is 1.27 bits per heavy atom. The van der Waals surface area contributed by atoms with E-state index in [1.54, 1.807) is 11.2 Å². The lowest BCUT2D eigenvalue weighted by Gasteiger charge is -2.20. The van der Waals surface area contributed by atoms with E-state index >= 15 is 0 Å². The maximum absolute atomic E-state index is 10.8. The number of allylic oxidation sites excluding steroid dienone is 2. The summed E-state index contributed by atoms with van der Waals surface area (Å²) in [6.45, 7) is 0. The van der Waals surface area contributed by atoms with Gasteiger partial charge in [0.1, 0.15) is 0 Å². The maximum atomic E-state index is 10.8. The summed E-state index contributed by atoms with van der Waals surface area (Å²) in [5, 5.41) is 1.59. The molecule has 0 aromatic heterocycles. The minimum atomic E-state index is -0.587. The molecule has 1 heterocycles. The summed E-state index contributed by atoms with van der Waals surface area (Å²) in [5.41, 5.74) is 9.52. The van der Waals surface area contributed by atoms with Gasteiger partial charge in [-0.3, -0.25) is 5.01 Å². The van der Waals surface area contributed by atoms with Crippen molar-refractivity contribution in [3.05, 3.63) is 48.2 Å². The Morgan fingerprint density at radius 2 is 2.07 bits per heavy atom. The van der Waals surface area contributed by atoms with Gasteiger partial charge in [0.15, 0.2) is 0 Å². The summed E-state index contributed by atoms with van der Waals surface area (Å²) in [6, 6.07) is 7.13.